The van der Waals surface area contributed by atoms with Gasteiger partial charge in [-0.25, -0.2) is 4.39 Å². The summed E-state index contributed by atoms with van der Waals surface area (Å²) in [7, 11) is 3.65. The molecule has 106 valence electrons. The van der Waals surface area contributed by atoms with E-state index < -0.39 is 0 Å². The molecule has 0 saturated carbocycles. The van der Waals surface area contributed by atoms with Crippen molar-refractivity contribution in [2.24, 2.45) is 0 Å². The van der Waals surface area contributed by atoms with Crippen LogP contribution in [-0.4, -0.2) is 37.7 Å². The summed E-state index contributed by atoms with van der Waals surface area (Å²) < 4.78 is 18.6. The minimum Gasteiger partial charge on any atom is -0.496 e. The van der Waals surface area contributed by atoms with Gasteiger partial charge in [0.1, 0.15) is 11.6 Å². The number of likely N-dealkylation sites (tertiary alicyclic amines) is 1. The molecule has 3 nitrogen and oxygen atoms in total. The van der Waals surface area contributed by atoms with Crippen LogP contribution in [0.4, 0.5) is 4.39 Å². The van der Waals surface area contributed by atoms with E-state index in [-0.39, 0.29) is 11.4 Å². The van der Waals surface area contributed by atoms with E-state index >= 15 is 0 Å². The van der Waals surface area contributed by atoms with E-state index in [1.165, 1.54) is 6.07 Å². The monoisotopic (exact) mass is 266 g/mol. The van der Waals surface area contributed by atoms with Gasteiger partial charge in [0, 0.05) is 30.7 Å². The number of ether oxygens (including phenoxy) is 1. The lowest BCUT2D eigenvalue weighted by Gasteiger charge is -2.39. The van der Waals surface area contributed by atoms with Crippen LogP contribution in [0.5, 0.6) is 5.75 Å². The van der Waals surface area contributed by atoms with Gasteiger partial charge in [0.2, 0.25) is 0 Å². The summed E-state index contributed by atoms with van der Waals surface area (Å²) in [4.78, 5) is 2.36. The van der Waals surface area contributed by atoms with Crippen molar-refractivity contribution >= 4 is 0 Å². The van der Waals surface area contributed by atoms with E-state index in [0.717, 1.165) is 43.8 Å². The molecule has 0 bridgehead atoms. The van der Waals surface area contributed by atoms with Crippen LogP contribution < -0.4 is 10.1 Å². The molecule has 0 aromatic heterocycles. The van der Waals surface area contributed by atoms with Crippen molar-refractivity contribution in [3.63, 3.8) is 0 Å². The predicted molar refractivity (Wildman–Crippen MR) is 74.9 cm³/mol. The Balaban J connectivity index is 2.01. The Morgan fingerprint density at radius 2 is 2.05 bits per heavy atom. The van der Waals surface area contributed by atoms with Crippen LogP contribution >= 0.6 is 0 Å². The molecule has 1 N–H and O–H groups in total. The summed E-state index contributed by atoms with van der Waals surface area (Å²) in [5, 5.41) is 3.39. The van der Waals surface area contributed by atoms with Gasteiger partial charge >= 0.3 is 0 Å². The molecule has 1 aliphatic heterocycles. The zero-order valence-electron chi connectivity index (χ0n) is 12.0. The summed E-state index contributed by atoms with van der Waals surface area (Å²) in [6.07, 6.45) is 2.22. The van der Waals surface area contributed by atoms with E-state index in [0.29, 0.717) is 0 Å². The lowest BCUT2D eigenvalue weighted by Crippen LogP contribution is -2.49. The van der Waals surface area contributed by atoms with Crippen LogP contribution in [0.25, 0.3) is 0 Å². The summed E-state index contributed by atoms with van der Waals surface area (Å²) in [5.74, 6) is 0.566. The number of hydrogen-bond acceptors (Lipinski definition) is 3. The molecule has 0 unspecified atom stereocenters. The molecular weight excluding hydrogens is 243 g/mol. The molecule has 1 fully saturated rings. The van der Waals surface area contributed by atoms with Gasteiger partial charge in [0.25, 0.3) is 0 Å². The first-order valence-corrected chi connectivity index (χ1v) is 6.80. The SMILES string of the molecule is CNC1(C)CCN(Cc2cc(F)ccc2OC)CC1. The molecular formula is C15H23FN2O. The zero-order valence-corrected chi connectivity index (χ0v) is 12.0. The Hall–Kier alpha value is -1.13. The Kier molecular flexibility index (Phi) is 4.42. The number of rotatable bonds is 4. The fraction of sp³-hybridized carbons (Fsp3) is 0.600. The van der Waals surface area contributed by atoms with E-state index in [2.05, 4.69) is 17.1 Å². The fourth-order valence-corrected chi connectivity index (χ4v) is 2.57. The van der Waals surface area contributed by atoms with Crippen LogP contribution in [0.1, 0.15) is 25.3 Å². The quantitative estimate of drug-likeness (QED) is 0.905. The number of halogens is 1. The molecule has 19 heavy (non-hydrogen) atoms. The third kappa shape index (κ3) is 3.45. The van der Waals surface area contributed by atoms with Crippen molar-refractivity contribution < 1.29 is 9.13 Å². The lowest BCUT2D eigenvalue weighted by molar-refractivity contribution is 0.145. The molecule has 0 radical (unpaired) electrons. The smallest absolute Gasteiger partial charge is 0.123 e. The van der Waals surface area contributed by atoms with E-state index in [1.54, 1.807) is 19.2 Å². The van der Waals surface area contributed by atoms with Crippen molar-refractivity contribution in [3.05, 3.63) is 29.6 Å². The highest BCUT2D eigenvalue weighted by Gasteiger charge is 2.28. The van der Waals surface area contributed by atoms with Crippen molar-refractivity contribution in [2.45, 2.75) is 31.8 Å². The van der Waals surface area contributed by atoms with Crippen LogP contribution in [-0.2, 0) is 6.54 Å². The maximum atomic E-state index is 13.3. The molecule has 0 amide bonds. The standard InChI is InChI=1S/C15H23FN2O/c1-15(17-2)6-8-18(9-7-15)11-12-10-13(16)4-5-14(12)19-3/h4-5,10,17H,6-9,11H2,1-3H3. The minimum absolute atomic E-state index is 0.201. The first-order valence-electron chi connectivity index (χ1n) is 6.80. The van der Waals surface area contributed by atoms with Crippen LogP contribution in [0, 0.1) is 5.82 Å². The fourth-order valence-electron chi connectivity index (χ4n) is 2.57. The summed E-state index contributed by atoms with van der Waals surface area (Å²) in [6, 6.07) is 4.72. The first-order chi connectivity index (χ1) is 9.06. The topological polar surface area (TPSA) is 24.5 Å². The molecule has 1 aromatic rings. The lowest BCUT2D eigenvalue weighted by atomic mass is 9.90. The molecule has 0 aliphatic carbocycles. The number of piperidine rings is 1. The van der Waals surface area contributed by atoms with Gasteiger partial charge in [-0.3, -0.25) is 4.90 Å². The van der Waals surface area contributed by atoms with Crippen molar-refractivity contribution in [3.8, 4) is 5.75 Å². The van der Waals surface area contributed by atoms with Gasteiger partial charge in [0.05, 0.1) is 7.11 Å². The molecule has 0 atom stereocenters. The number of methoxy groups -OCH3 is 1. The number of nitrogens with zero attached hydrogens (tertiary/aromatic N) is 1. The molecule has 2 rings (SSSR count). The third-order valence-electron chi connectivity index (χ3n) is 4.20. The zero-order chi connectivity index (χ0) is 13.9. The van der Waals surface area contributed by atoms with Gasteiger partial charge in [0.15, 0.2) is 0 Å². The third-order valence-corrected chi connectivity index (χ3v) is 4.20. The van der Waals surface area contributed by atoms with E-state index in [9.17, 15) is 4.39 Å². The second kappa shape index (κ2) is 5.88. The van der Waals surface area contributed by atoms with Crippen molar-refractivity contribution in [1.29, 1.82) is 0 Å². The molecule has 0 spiro atoms. The van der Waals surface area contributed by atoms with E-state index in [4.69, 9.17) is 4.74 Å². The summed E-state index contributed by atoms with van der Waals surface area (Å²) in [6.45, 7) is 5.06. The average Bonchev–Trinajstić information content (AvgIpc) is 2.42. The Labute approximate surface area is 114 Å². The largest absolute Gasteiger partial charge is 0.496 e. The Bertz CT molecular complexity index is 428. The van der Waals surface area contributed by atoms with Gasteiger partial charge in [-0.05, 0) is 45.0 Å². The summed E-state index contributed by atoms with van der Waals surface area (Å²) >= 11 is 0. The van der Waals surface area contributed by atoms with Gasteiger partial charge in [-0.1, -0.05) is 0 Å². The molecule has 4 heteroatoms. The predicted octanol–water partition coefficient (Wildman–Crippen LogP) is 2.41. The number of hydrogen-bond donors (Lipinski definition) is 1. The second-order valence-corrected chi connectivity index (χ2v) is 5.54. The number of nitrogens with one attached hydrogen (secondary N) is 1. The van der Waals surface area contributed by atoms with Crippen LogP contribution in [0.15, 0.2) is 18.2 Å². The highest BCUT2D eigenvalue weighted by molar-refractivity contribution is 5.33. The van der Waals surface area contributed by atoms with Gasteiger partial charge in [-0.2, -0.15) is 0 Å². The Morgan fingerprint density at radius 1 is 1.37 bits per heavy atom. The second-order valence-electron chi connectivity index (χ2n) is 5.54. The maximum absolute atomic E-state index is 13.3. The normalized spacial score (nSPS) is 19.4. The van der Waals surface area contributed by atoms with Gasteiger partial charge < -0.3 is 10.1 Å². The van der Waals surface area contributed by atoms with Crippen molar-refractivity contribution in [2.75, 3.05) is 27.2 Å². The Morgan fingerprint density at radius 3 is 2.63 bits per heavy atom. The van der Waals surface area contributed by atoms with Crippen LogP contribution in [0.3, 0.4) is 0 Å². The average molecular weight is 266 g/mol. The molecule has 1 aliphatic rings. The highest BCUT2D eigenvalue weighted by Crippen LogP contribution is 2.25. The minimum atomic E-state index is -0.201. The van der Waals surface area contributed by atoms with Gasteiger partial charge in [-0.15, -0.1) is 0 Å². The first kappa shape index (κ1) is 14.3. The van der Waals surface area contributed by atoms with Crippen molar-refractivity contribution in [1.82, 2.24) is 10.2 Å². The molecule has 1 heterocycles. The van der Waals surface area contributed by atoms with Crippen LogP contribution in [0.2, 0.25) is 0 Å². The van der Waals surface area contributed by atoms with E-state index in [1.807, 2.05) is 7.05 Å². The molecule has 1 saturated heterocycles. The highest BCUT2D eigenvalue weighted by atomic mass is 19.1. The summed E-state index contributed by atoms with van der Waals surface area (Å²) in [5.41, 5.74) is 1.17. The number of benzene rings is 1. The maximum Gasteiger partial charge on any atom is 0.123 e. The molecule has 1 aromatic carbocycles.